The number of alkyl halides is 4. The molecule has 13 heteroatoms. The van der Waals surface area contributed by atoms with Crippen LogP contribution < -0.4 is 5.32 Å². The summed E-state index contributed by atoms with van der Waals surface area (Å²) < 4.78 is 75.5. The van der Waals surface area contributed by atoms with Crippen molar-refractivity contribution in [1.29, 1.82) is 0 Å². The van der Waals surface area contributed by atoms with Crippen molar-refractivity contribution in [3.63, 3.8) is 0 Å². The maximum Gasteiger partial charge on any atom is 0.485 e. The molecule has 0 radical (unpaired) electrons. The van der Waals surface area contributed by atoms with Crippen LogP contribution in [0.4, 0.5) is 27.6 Å². The van der Waals surface area contributed by atoms with Crippen LogP contribution in [0.3, 0.4) is 0 Å². The molecule has 3 aromatic rings. The van der Waals surface area contributed by atoms with Gasteiger partial charge in [-0.3, -0.25) is 4.39 Å². The van der Waals surface area contributed by atoms with E-state index >= 15 is 4.39 Å². The van der Waals surface area contributed by atoms with Crippen molar-refractivity contribution in [2.45, 2.75) is 38.1 Å². The molecule has 7 nitrogen and oxygen atoms in total. The van der Waals surface area contributed by atoms with Gasteiger partial charge < -0.3 is 25.0 Å². The molecule has 41 heavy (non-hydrogen) atoms. The molecule has 2 aromatic carbocycles. The normalized spacial score (nSPS) is 19.2. The highest BCUT2D eigenvalue weighted by Crippen LogP contribution is 2.37. The van der Waals surface area contributed by atoms with Crippen molar-refractivity contribution in [2.24, 2.45) is 5.92 Å². The number of nitrogens with zero attached hydrogens (tertiary/aromatic N) is 3. The lowest BCUT2D eigenvalue weighted by Gasteiger charge is -2.37. The fourth-order valence-electron chi connectivity index (χ4n) is 5.53. The molecule has 1 unspecified atom stereocenters. The molecule has 2 aliphatic rings. The van der Waals surface area contributed by atoms with Crippen LogP contribution in [0.25, 0.3) is 16.5 Å². The Morgan fingerprint density at radius 3 is 2.44 bits per heavy atom. The zero-order chi connectivity index (χ0) is 29.1. The Morgan fingerprint density at radius 1 is 1.07 bits per heavy atom. The zero-order valence-electron chi connectivity index (χ0n) is 22.4. The summed E-state index contributed by atoms with van der Waals surface area (Å²) in [7, 11) is -2.40. The summed E-state index contributed by atoms with van der Waals surface area (Å²) in [6, 6.07) is 11.0. The molecule has 3 N–H and O–H groups in total. The van der Waals surface area contributed by atoms with Gasteiger partial charge in [0.2, 0.25) is 5.95 Å². The van der Waals surface area contributed by atoms with Gasteiger partial charge in [-0.25, -0.2) is 4.68 Å². The maximum atomic E-state index is 15.0. The Balaban J connectivity index is 1.46. The van der Waals surface area contributed by atoms with Crippen molar-refractivity contribution >= 4 is 29.3 Å². The molecule has 0 saturated carbocycles. The highest BCUT2D eigenvalue weighted by Gasteiger charge is 2.35. The molecule has 220 valence electrons. The molecule has 1 atom stereocenters. The summed E-state index contributed by atoms with van der Waals surface area (Å²) in [6.45, 7) is 2.96. The molecule has 0 amide bonds. The van der Waals surface area contributed by atoms with Gasteiger partial charge in [-0.05, 0) is 65.7 Å². The van der Waals surface area contributed by atoms with E-state index in [1.807, 2.05) is 0 Å². The standard InChI is InChI=1S/C28H32BF5N4O3/c30-15-18-16-37(17-18)11-10-35-21-7-4-19(5-8-21)26(23(29(39)40)14-28(32,33)34)20-6-9-24-22(13-20)27(31)36-38(24)25-3-1-2-12-41-25/h4-9,13,18,25,35,39-40H,1-3,10-12,14-17H2/b26-23+. The van der Waals surface area contributed by atoms with Gasteiger partial charge in [0.15, 0.2) is 6.23 Å². The summed E-state index contributed by atoms with van der Waals surface area (Å²) in [4.78, 5) is 2.12. The number of hydrogen-bond donors (Lipinski definition) is 3. The minimum Gasteiger partial charge on any atom is -0.423 e. The highest BCUT2D eigenvalue weighted by atomic mass is 19.4. The number of aromatic nitrogens is 2. The number of nitrogens with one attached hydrogen (secondary N) is 1. The molecule has 2 saturated heterocycles. The van der Waals surface area contributed by atoms with Gasteiger partial charge in [0.25, 0.3) is 0 Å². The van der Waals surface area contributed by atoms with E-state index in [9.17, 15) is 27.6 Å². The molecule has 0 bridgehead atoms. The van der Waals surface area contributed by atoms with Crippen LogP contribution in [-0.2, 0) is 4.74 Å². The molecule has 3 heterocycles. The van der Waals surface area contributed by atoms with E-state index in [4.69, 9.17) is 4.74 Å². The lowest BCUT2D eigenvalue weighted by Crippen LogP contribution is -2.49. The van der Waals surface area contributed by atoms with Crippen LogP contribution in [0.15, 0.2) is 47.9 Å². The Kier molecular flexibility index (Phi) is 8.98. The molecular formula is C28H32BF5N4O3. The third kappa shape index (κ3) is 6.91. The Labute approximate surface area is 234 Å². The lowest BCUT2D eigenvalue weighted by atomic mass is 9.71. The number of likely N-dealkylation sites (tertiary alicyclic amines) is 1. The zero-order valence-corrected chi connectivity index (χ0v) is 22.4. The number of allylic oxidation sites excluding steroid dienone is 1. The fourth-order valence-corrected chi connectivity index (χ4v) is 5.53. The molecule has 0 aliphatic carbocycles. The monoisotopic (exact) mass is 578 g/mol. The molecule has 2 aliphatic heterocycles. The van der Waals surface area contributed by atoms with Crippen molar-refractivity contribution in [1.82, 2.24) is 14.7 Å². The SMILES string of the molecule is OB(O)/C(CC(F)(F)F)=C(\c1ccc(NCCN2CC(CF)C2)cc1)c1ccc2c(c1)c(F)nn2C1CCCCO1. The first-order valence-corrected chi connectivity index (χ1v) is 13.7. The van der Waals surface area contributed by atoms with Crippen molar-refractivity contribution in [3.05, 3.63) is 65.0 Å². The van der Waals surface area contributed by atoms with Crippen molar-refractivity contribution in [2.75, 3.05) is 44.8 Å². The Morgan fingerprint density at radius 2 is 1.80 bits per heavy atom. The third-order valence-electron chi connectivity index (χ3n) is 7.58. The van der Waals surface area contributed by atoms with Gasteiger partial charge in [0, 0.05) is 44.4 Å². The van der Waals surface area contributed by atoms with Crippen LogP contribution in [0, 0.1) is 11.9 Å². The minimum atomic E-state index is -4.72. The lowest BCUT2D eigenvalue weighted by molar-refractivity contribution is -0.126. The second kappa shape index (κ2) is 12.5. The summed E-state index contributed by atoms with van der Waals surface area (Å²) in [5, 5.41) is 27.4. The first-order chi connectivity index (χ1) is 19.6. The van der Waals surface area contributed by atoms with Gasteiger partial charge in [-0.1, -0.05) is 18.2 Å². The number of fused-ring (bicyclic) bond motifs is 1. The average Bonchev–Trinajstić information content (AvgIpc) is 3.26. The molecule has 5 rings (SSSR count). The van der Waals surface area contributed by atoms with Gasteiger partial charge in [0.1, 0.15) is 0 Å². The van der Waals surface area contributed by atoms with E-state index in [0.717, 1.165) is 19.4 Å². The molecule has 2 fully saturated rings. The predicted octanol–water partition coefficient (Wildman–Crippen LogP) is 4.95. The smallest absolute Gasteiger partial charge is 0.423 e. The van der Waals surface area contributed by atoms with E-state index in [1.54, 1.807) is 30.3 Å². The van der Waals surface area contributed by atoms with E-state index in [-0.39, 0.29) is 29.1 Å². The van der Waals surface area contributed by atoms with Crippen LogP contribution >= 0.6 is 0 Å². The summed E-state index contributed by atoms with van der Waals surface area (Å²) in [6.07, 6.45) is -4.27. The molecule has 0 spiro atoms. The Bertz CT molecular complexity index is 1370. The second-order valence-electron chi connectivity index (χ2n) is 10.6. The highest BCUT2D eigenvalue weighted by molar-refractivity contribution is 6.53. The first kappa shape index (κ1) is 29.5. The number of rotatable bonds is 10. The first-order valence-electron chi connectivity index (χ1n) is 13.7. The Hall–Kier alpha value is -3.00. The number of ether oxygens (including phenoxy) is 1. The number of hydrogen-bond acceptors (Lipinski definition) is 6. The van der Waals surface area contributed by atoms with Gasteiger partial charge >= 0.3 is 13.3 Å². The summed E-state index contributed by atoms with van der Waals surface area (Å²) in [5.74, 6) is -0.702. The van der Waals surface area contributed by atoms with E-state index in [1.165, 1.54) is 16.8 Å². The third-order valence-corrected chi connectivity index (χ3v) is 7.58. The maximum absolute atomic E-state index is 15.0. The topological polar surface area (TPSA) is 82.8 Å². The van der Waals surface area contributed by atoms with Gasteiger partial charge in [-0.15, -0.1) is 5.10 Å². The van der Waals surface area contributed by atoms with Gasteiger partial charge in [-0.2, -0.15) is 17.6 Å². The average molecular weight is 578 g/mol. The van der Waals surface area contributed by atoms with E-state index in [2.05, 4.69) is 15.3 Å². The van der Waals surface area contributed by atoms with Crippen LogP contribution in [0.1, 0.15) is 43.0 Å². The second-order valence-corrected chi connectivity index (χ2v) is 10.6. The molecular weight excluding hydrogens is 546 g/mol. The molecule has 1 aromatic heterocycles. The predicted molar refractivity (Wildman–Crippen MR) is 146 cm³/mol. The summed E-state index contributed by atoms with van der Waals surface area (Å²) in [5.41, 5.74) is 0.936. The number of halogens is 5. The quantitative estimate of drug-likeness (QED) is 0.233. The number of anilines is 1. The van der Waals surface area contributed by atoms with Crippen LogP contribution in [-0.4, -0.2) is 77.5 Å². The number of benzene rings is 2. The van der Waals surface area contributed by atoms with E-state index in [0.29, 0.717) is 49.4 Å². The largest absolute Gasteiger partial charge is 0.485 e. The van der Waals surface area contributed by atoms with Crippen LogP contribution in [0.5, 0.6) is 0 Å². The summed E-state index contributed by atoms with van der Waals surface area (Å²) >= 11 is 0. The minimum absolute atomic E-state index is 0.0512. The van der Waals surface area contributed by atoms with Crippen LogP contribution in [0.2, 0.25) is 0 Å². The van der Waals surface area contributed by atoms with Gasteiger partial charge in [0.05, 0.1) is 24.0 Å². The van der Waals surface area contributed by atoms with Crippen molar-refractivity contribution in [3.8, 4) is 0 Å². The fraction of sp³-hybridized carbons (Fsp3) is 0.464. The van der Waals surface area contributed by atoms with Crippen molar-refractivity contribution < 1.29 is 36.7 Å². The van der Waals surface area contributed by atoms with E-state index < -0.39 is 37.4 Å².